The van der Waals surface area contributed by atoms with E-state index in [0.29, 0.717) is 44.7 Å². The average molecular weight is 617 g/mol. The zero-order valence-corrected chi connectivity index (χ0v) is 28.2. The van der Waals surface area contributed by atoms with Crippen LogP contribution in [0.15, 0.2) is 11.6 Å². The second-order valence-electron chi connectivity index (χ2n) is 14.8. The fraction of sp³-hybridized carbons (Fsp3) is 0.794. The van der Waals surface area contributed by atoms with E-state index in [9.17, 15) is 24.0 Å². The lowest BCUT2D eigenvalue weighted by Gasteiger charge is -2.35. The minimum atomic E-state index is -0.972. The van der Waals surface area contributed by atoms with Gasteiger partial charge >= 0.3 is 6.09 Å². The molecule has 3 fully saturated rings. The highest BCUT2D eigenvalue weighted by atomic mass is 16.6. The standard InChI is InChI=1S/C34H56N4O6/c1-9-14-25(28(39)30(41)35-20-24-23(19-21(2)3)34(24,7)8)36-29(40)26-17-13-18-38(26)31(42)27(22-15-11-10-12-16-22)37-32(43)44-33(4,5)6/h19,22-27H,9-18,20H2,1-8H3,(H,35,41)(H,36,40)(H,37,43)/t23-,24+,25?,26-,27-/m0/s1. The van der Waals surface area contributed by atoms with Gasteiger partial charge in [0.1, 0.15) is 17.7 Å². The molecule has 248 valence electrons. The van der Waals surface area contributed by atoms with Gasteiger partial charge in [-0.2, -0.15) is 0 Å². The number of allylic oxidation sites excluding steroid dienone is 2. The third-order valence-electron chi connectivity index (χ3n) is 9.47. The maximum absolute atomic E-state index is 14.0. The van der Waals surface area contributed by atoms with Gasteiger partial charge in [0.25, 0.3) is 5.91 Å². The molecular weight excluding hydrogens is 560 g/mol. The molecule has 0 spiro atoms. The van der Waals surface area contributed by atoms with Crippen LogP contribution in [-0.2, 0) is 23.9 Å². The van der Waals surface area contributed by atoms with E-state index in [2.05, 4.69) is 49.7 Å². The van der Waals surface area contributed by atoms with Gasteiger partial charge in [-0.3, -0.25) is 19.2 Å². The van der Waals surface area contributed by atoms with Gasteiger partial charge in [0.2, 0.25) is 17.6 Å². The first-order valence-electron chi connectivity index (χ1n) is 16.6. The van der Waals surface area contributed by atoms with Crippen LogP contribution in [0.2, 0.25) is 0 Å². The van der Waals surface area contributed by atoms with Crippen molar-refractivity contribution in [3.63, 3.8) is 0 Å². The fourth-order valence-electron chi connectivity index (χ4n) is 6.90. The molecule has 2 aliphatic carbocycles. The van der Waals surface area contributed by atoms with Crippen molar-refractivity contribution in [1.29, 1.82) is 0 Å². The quantitative estimate of drug-likeness (QED) is 0.216. The Hall–Kier alpha value is -2.91. The van der Waals surface area contributed by atoms with Gasteiger partial charge in [0.05, 0.1) is 6.04 Å². The predicted octanol–water partition coefficient (Wildman–Crippen LogP) is 4.66. The van der Waals surface area contributed by atoms with Crippen LogP contribution in [-0.4, -0.2) is 71.3 Å². The van der Waals surface area contributed by atoms with Crippen molar-refractivity contribution < 1.29 is 28.7 Å². The first kappa shape index (κ1) is 35.6. The SMILES string of the molecule is CCCC(NC(=O)[C@@H]1CCCN1C(=O)[C@@H](NC(=O)OC(C)(C)C)C1CCCCC1)C(=O)C(=O)NC[C@@H]1[C@H](C=C(C)C)C1(C)C. The third-order valence-corrected chi connectivity index (χ3v) is 9.47. The van der Waals surface area contributed by atoms with Crippen LogP contribution in [0.1, 0.15) is 113 Å². The van der Waals surface area contributed by atoms with Crippen molar-refractivity contribution >= 4 is 29.6 Å². The van der Waals surface area contributed by atoms with Crippen molar-refractivity contribution in [2.75, 3.05) is 13.1 Å². The van der Waals surface area contributed by atoms with Crippen molar-refractivity contribution in [2.24, 2.45) is 23.2 Å². The molecule has 44 heavy (non-hydrogen) atoms. The number of hydrogen-bond acceptors (Lipinski definition) is 6. The van der Waals surface area contributed by atoms with Gasteiger partial charge in [-0.15, -0.1) is 0 Å². The smallest absolute Gasteiger partial charge is 0.408 e. The fourth-order valence-corrected chi connectivity index (χ4v) is 6.90. The Morgan fingerprint density at radius 3 is 2.23 bits per heavy atom. The lowest BCUT2D eigenvalue weighted by molar-refractivity contribution is -0.143. The number of likely N-dealkylation sites (tertiary alicyclic amines) is 1. The number of carbonyl (C=O) groups excluding carboxylic acids is 5. The summed E-state index contributed by atoms with van der Waals surface area (Å²) in [4.78, 5) is 68.0. The zero-order chi connectivity index (χ0) is 32.8. The zero-order valence-electron chi connectivity index (χ0n) is 28.2. The molecule has 10 nitrogen and oxygen atoms in total. The molecule has 0 radical (unpaired) electrons. The summed E-state index contributed by atoms with van der Waals surface area (Å²) in [5.74, 6) is -1.55. The van der Waals surface area contributed by atoms with E-state index < -0.39 is 47.4 Å². The van der Waals surface area contributed by atoms with Crippen LogP contribution in [0, 0.1) is 23.2 Å². The first-order valence-corrected chi connectivity index (χ1v) is 16.6. The minimum Gasteiger partial charge on any atom is -0.444 e. The van der Waals surface area contributed by atoms with Crippen molar-refractivity contribution in [3.05, 3.63) is 11.6 Å². The number of ketones is 1. The summed E-state index contributed by atoms with van der Waals surface area (Å²) in [5.41, 5.74) is 0.566. The summed E-state index contributed by atoms with van der Waals surface area (Å²) >= 11 is 0. The van der Waals surface area contributed by atoms with E-state index in [0.717, 1.165) is 32.1 Å². The topological polar surface area (TPSA) is 134 Å². The van der Waals surface area contributed by atoms with Crippen LogP contribution in [0.25, 0.3) is 0 Å². The second kappa shape index (κ2) is 14.9. The van der Waals surface area contributed by atoms with Crippen molar-refractivity contribution in [2.45, 2.75) is 137 Å². The van der Waals surface area contributed by atoms with Crippen LogP contribution in [0.3, 0.4) is 0 Å². The summed E-state index contributed by atoms with van der Waals surface area (Å²) in [7, 11) is 0. The Morgan fingerprint density at radius 2 is 1.64 bits per heavy atom. The largest absolute Gasteiger partial charge is 0.444 e. The number of alkyl carbamates (subject to hydrolysis) is 1. The monoisotopic (exact) mass is 616 g/mol. The number of carbonyl (C=O) groups is 5. The minimum absolute atomic E-state index is 0.0426. The molecule has 5 atom stereocenters. The highest BCUT2D eigenvalue weighted by Crippen LogP contribution is 2.58. The van der Waals surface area contributed by atoms with E-state index in [1.807, 2.05) is 6.92 Å². The van der Waals surface area contributed by atoms with Crippen LogP contribution >= 0.6 is 0 Å². The number of rotatable bonds is 12. The van der Waals surface area contributed by atoms with E-state index in [-0.39, 0.29) is 23.2 Å². The summed E-state index contributed by atoms with van der Waals surface area (Å²) in [6, 6.07) is -2.54. The number of amides is 4. The predicted molar refractivity (Wildman–Crippen MR) is 170 cm³/mol. The summed E-state index contributed by atoms with van der Waals surface area (Å²) in [6.45, 7) is 16.4. The van der Waals surface area contributed by atoms with E-state index in [4.69, 9.17) is 4.74 Å². The summed E-state index contributed by atoms with van der Waals surface area (Å²) in [5, 5.41) is 8.44. The Kier molecular flexibility index (Phi) is 12.1. The van der Waals surface area contributed by atoms with Gasteiger partial charge in [0, 0.05) is 13.1 Å². The van der Waals surface area contributed by atoms with Gasteiger partial charge < -0.3 is 25.6 Å². The van der Waals surface area contributed by atoms with Gasteiger partial charge in [-0.05, 0) is 89.9 Å². The third kappa shape index (κ3) is 9.30. The van der Waals surface area contributed by atoms with E-state index >= 15 is 0 Å². The Bertz CT molecular complexity index is 1100. The highest BCUT2D eigenvalue weighted by Gasteiger charge is 2.56. The maximum Gasteiger partial charge on any atom is 0.408 e. The normalized spacial score (nSPS) is 24.5. The lowest BCUT2D eigenvalue weighted by Crippen LogP contribution is -2.58. The highest BCUT2D eigenvalue weighted by molar-refractivity contribution is 6.38. The summed E-state index contributed by atoms with van der Waals surface area (Å²) in [6.07, 6.45) is 8.23. The molecule has 0 bridgehead atoms. The Morgan fingerprint density at radius 1 is 0.977 bits per heavy atom. The second-order valence-corrected chi connectivity index (χ2v) is 14.8. The van der Waals surface area contributed by atoms with E-state index in [1.165, 1.54) is 10.5 Å². The van der Waals surface area contributed by atoms with Gasteiger partial charge in [0.15, 0.2) is 0 Å². The molecular formula is C34H56N4O6. The van der Waals surface area contributed by atoms with Gasteiger partial charge in [-0.25, -0.2) is 4.79 Å². The Balaban J connectivity index is 1.66. The number of hydrogen-bond donors (Lipinski definition) is 3. The number of nitrogens with zero attached hydrogens (tertiary/aromatic N) is 1. The average Bonchev–Trinajstić information content (AvgIpc) is 3.25. The van der Waals surface area contributed by atoms with E-state index in [1.54, 1.807) is 20.8 Å². The molecule has 3 rings (SSSR count). The number of Topliss-reactive ketones (excluding diaryl/α,β-unsaturated/α-hetero) is 1. The molecule has 1 heterocycles. The molecule has 3 aliphatic rings. The molecule has 1 unspecified atom stereocenters. The maximum atomic E-state index is 14.0. The van der Waals surface area contributed by atoms with Crippen LogP contribution < -0.4 is 16.0 Å². The molecule has 10 heteroatoms. The molecule has 3 N–H and O–H groups in total. The lowest BCUT2D eigenvalue weighted by atomic mass is 9.83. The van der Waals surface area contributed by atoms with Crippen molar-refractivity contribution in [3.8, 4) is 0 Å². The first-order chi connectivity index (χ1) is 20.6. The van der Waals surface area contributed by atoms with Crippen LogP contribution in [0.5, 0.6) is 0 Å². The number of nitrogens with one attached hydrogen (secondary N) is 3. The molecule has 0 aromatic carbocycles. The summed E-state index contributed by atoms with van der Waals surface area (Å²) < 4.78 is 5.47. The molecule has 1 saturated heterocycles. The van der Waals surface area contributed by atoms with Crippen molar-refractivity contribution in [1.82, 2.24) is 20.9 Å². The molecule has 0 aromatic heterocycles. The Labute approximate surface area is 263 Å². The van der Waals surface area contributed by atoms with Crippen LogP contribution in [0.4, 0.5) is 4.79 Å². The van der Waals surface area contributed by atoms with Gasteiger partial charge in [-0.1, -0.05) is 58.1 Å². The molecule has 2 saturated carbocycles. The molecule has 4 amide bonds. The molecule has 1 aliphatic heterocycles. The molecule has 0 aromatic rings. The number of ether oxygens (including phenoxy) is 1.